The van der Waals surface area contributed by atoms with Crippen LogP contribution in [0, 0.1) is 6.92 Å². The Hall–Kier alpha value is -3.02. The minimum Gasteiger partial charge on any atom is -0.508 e. The molecule has 0 aliphatic heterocycles. The fraction of sp³-hybridized carbons (Fsp3) is 0.227. The molecule has 2 aromatic carbocycles. The zero-order chi connectivity index (χ0) is 20.1. The monoisotopic (exact) mass is 386 g/mol. The molecule has 3 nitrogen and oxygen atoms in total. The average Bonchev–Trinajstić information content (AvgIpc) is 2.67. The topological polar surface area (TPSA) is 36.4 Å². The highest BCUT2D eigenvalue weighted by atomic mass is 19.4. The summed E-state index contributed by atoms with van der Waals surface area (Å²) in [6, 6.07) is 16.1. The van der Waals surface area contributed by atoms with Crippen LogP contribution in [0.1, 0.15) is 22.3 Å². The van der Waals surface area contributed by atoms with Crippen LogP contribution in [0.15, 0.2) is 66.9 Å². The number of phenols is 1. The molecule has 0 atom stereocenters. The number of hydrogen-bond acceptors (Lipinski definition) is 3. The molecule has 0 aliphatic carbocycles. The van der Waals surface area contributed by atoms with Gasteiger partial charge in [-0.15, -0.1) is 0 Å². The first-order valence-corrected chi connectivity index (χ1v) is 8.93. The van der Waals surface area contributed by atoms with Gasteiger partial charge >= 0.3 is 6.18 Å². The van der Waals surface area contributed by atoms with E-state index in [2.05, 4.69) is 4.98 Å². The summed E-state index contributed by atoms with van der Waals surface area (Å²) in [4.78, 5) is 6.50. The van der Waals surface area contributed by atoms with Gasteiger partial charge in [-0.3, -0.25) is 0 Å². The van der Waals surface area contributed by atoms with Gasteiger partial charge in [0.05, 0.1) is 5.56 Å². The van der Waals surface area contributed by atoms with Crippen molar-refractivity contribution in [1.82, 2.24) is 4.98 Å². The number of alkyl halides is 3. The van der Waals surface area contributed by atoms with Gasteiger partial charge in [-0.25, -0.2) is 4.98 Å². The summed E-state index contributed by atoms with van der Waals surface area (Å²) in [6.45, 7) is 3.04. The lowest BCUT2D eigenvalue weighted by atomic mass is 10.1. The van der Waals surface area contributed by atoms with Crippen molar-refractivity contribution in [2.24, 2.45) is 0 Å². The van der Waals surface area contributed by atoms with Crippen LogP contribution in [0.25, 0.3) is 0 Å². The molecule has 0 radical (unpaired) electrons. The number of anilines is 1. The zero-order valence-corrected chi connectivity index (χ0v) is 15.4. The van der Waals surface area contributed by atoms with E-state index in [1.165, 1.54) is 12.1 Å². The van der Waals surface area contributed by atoms with Gasteiger partial charge in [0.15, 0.2) is 0 Å². The number of aryl methyl sites for hydroxylation is 1. The fourth-order valence-corrected chi connectivity index (χ4v) is 2.87. The predicted octanol–water partition coefficient (Wildman–Crippen LogP) is 5.36. The molecule has 0 unspecified atom stereocenters. The van der Waals surface area contributed by atoms with Crippen molar-refractivity contribution in [2.45, 2.75) is 26.1 Å². The first-order valence-electron chi connectivity index (χ1n) is 8.93. The van der Waals surface area contributed by atoms with E-state index in [0.29, 0.717) is 13.1 Å². The van der Waals surface area contributed by atoms with Gasteiger partial charge in [-0.05, 0) is 60.4 Å². The average molecular weight is 386 g/mol. The van der Waals surface area contributed by atoms with Crippen molar-refractivity contribution in [3.8, 4) is 5.75 Å². The molecule has 146 valence electrons. The van der Waals surface area contributed by atoms with E-state index in [-0.39, 0.29) is 5.75 Å². The first-order chi connectivity index (χ1) is 13.3. The van der Waals surface area contributed by atoms with Crippen LogP contribution in [-0.2, 0) is 19.1 Å². The second kappa shape index (κ2) is 8.33. The molecule has 1 aromatic heterocycles. The summed E-state index contributed by atoms with van der Waals surface area (Å²) in [5.74, 6) is 0.981. The number of aromatic hydroxyl groups is 1. The van der Waals surface area contributed by atoms with Crippen LogP contribution in [0.4, 0.5) is 19.0 Å². The number of nitrogens with zero attached hydrogens (tertiary/aromatic N) is 2. The van der Waals surface area contributed by atoms with Crippen molar-refractivity contribution in [2.75, 3.05) is 11.4 Å². The molecule has 0 bridgehead atoms. The Bertz CT molecular complexity index is 889. The van der Waals surface area contributed by atoms with Crippen LogP contribution < -0.4 is 4.90 Å². The molecule has 1 heterocycles. The Labute approximate surface area is 162 Å². The van der Waals surface area contributed by atoms with Crippen molar-refractivity contribution >= 4 is 5.82 Å². The lowest BCUT2D eigenvalue weighted by Crippen LogP contribution is -2.26. The molecule has 28 heavy (non-hydrogen) atoms. The third-order valence-corrected chi connectivity index (χ3v) is 4.48. The van der Waals surface area contributed by atoms with Crippen molar-refractivity contribution in [3.05, 3.63) is 89.1 Å². The van der Waals surface area contributed by atoms with Gasteiger partial charge in [0.1, 0.15) is 11.6 Å². The molecule has 0 saturated carbocycles. The number of halogens is 3. The maximum atomic E-state index is 12.8. The van der Waals surface area contributed by atoms with E-state index >= 15 is 0 Å². The third-order valence-electron chi connectivity index (χ3n) is 4.48. The molecular formula is C22H21F3N2O. The van der Waals surface area contributed by atoms with Crippen LogP contribution in [0.3, 0.4) is 0 Å². The maximum Gasteiger partial charge on any atom is 0.416 e. The van der Waals surface area contributed by atoms with Crippen LogP contribution in [0.5, 0.6) is 5.75 Å². The van der Waals surface area contributed by atoms with E-state index in [4.69, 9.17) is 0 Å². The van der Waals surface area contributed by atoms with Crippen molar-refractivity contribution in [3.63, 3.8) is 0 Å². The Balaban J connectivity index is 1.77. The van der Waals surface area contributed by atoms with Gasteiger partial charge in [-0.2, -0.15) is 13.2 Å². The fourth-order valence-electron chi connectivity index (χ4n) is 2.87. The summed E-state index contributed by atoms with van der Waals surface area (Å²) in [7, 11) is 0. The van der Waals surface area contributed by atoms with Gasteiger partial charge in [-0.1, -0.05) is 30.3 Å². The van der Waals surface area contributed by atoms with E-state index in [9.17, 15) is 18.3 Å². The predicted molar refractivity (Wildman–Crippen MR) is 103 cm³/mol. The van der Waals surface area contributed by atoms with E-state index in [1.807, 2.05) is 36.1 Å². The van der Waals surface area contributed by atoms with Crippen LogP contribution in [0.2, 0.25) is 0 Å². The summed E-state index contributed by atoms with van der Waals surface area (Å²) >= 11 is 0. The highest BCUT2D eigenvalue weighted by Gasteiger charge is 2.30. The second-order valence-electron chi connectivity index (χ2n) is 6.73. The maximum absolute atomic E-state index is 12.8. The number of phenolic OH excluding ortho intramolecular Hbond substituents is 1. The highest BCUT2D eigenvalue weighted by molar-refractivity contribution is 5.41. The molecule has 6 heteroatoms. The molecule has 0 fully saturated rings. The Morgan fingerprint density at radius 3 is 2.11 bits per heavy atom. The second-order valence-corrected chi connectivity index (χ2v) is 6.73. The van der Waals surface area contributed by atoms with E-state index < -0.39 is 11.7 Å². The largest absolute Gasteiger partial charge is 0.508 e. The number of hydrogen-bond donors (Lipinski definition) is 1. The van der Waals surface area contributed by atoms with Crippen LogP contribution >= 0.6 is 0 Å². The first kappa shape index (κ1) is 19.7. The quantitative estimate of drug-likeness (QED) is 0.619. The molecule has 0 amide bonds. The zero-order valence-electron chi connectivity index (χ0n) is 15.4. The molecule has 3 rings (SSSR count). The normalized spacial score (nSPS) is 11.4. The minimum absolute atomic E-state index is 0.213. The molecule has 0 spiro atoms. The molecule has 0 saturated heterocycles. The summed E-state index contributed by atoms with van der Waals surface area (Å²) < 4.78 is 38.4. The molecule has 1 N–H and O–H groups in total. The van der Waals surface area contributed by atoms with Gasteiger partial charge in [0.25, 0.3) is 0 Å². The number of rotatable bonds is 6. The smallest absolute Gasteiger partial charge is 0.416 e. The van der Waals surface area contributed by atoms with Crippen LogP contribution in [-0.4, -0.2) is 16.6 Å². The van der Waals surface area contributed by atoms with Gasteiger partial charge in [0, 0.05) is 19.3 Å². The Morgan fingerprint density at radius 1 is 0.893 bits per heavy atom. The summed E-state index contributed by atoms with van der Waals surface area (Å²) in [5.41, 5.74) is 2.22. The van der Waals surface area contributed by atoms with Crippen molar-refractivity contribution in [1.29, 1.82) is 0 Å². The van der Waals surface area contributed by atoms with Gasteiger partial charge < -0.3 is 10.0 Å². The summed E-state index contributed by atoms with van der Waals surface area (Å²) in [5, 5.41) is 9.41. The SMILES string of the molecule is Cc1ccc(N(CCc2ccc(O)cc2)Cc2ccc(C(F)(F)F)cc2)nc1. The lowest BCUT2D eigenvalue weighted by molar-refractivity contribution is -0.137. The standard InChI is InChI=1S/C22H21F3N2O/c1-16-2-11-21(26-14-16)27(13-12-17-5-9-20(28)10-6-17)15-18-3-7-19(8-4-18)22(23,24)25/h2-11,14,28H,12-13,15H2,1H3. The number of aromatic nitrogens is 1. The number of benzene rings is 2. The van der Waals surface area contributed by atoms with E-state index in [1.54, 1.807) is 18.3 Å². The van der Waals surface area contributed by atoms with Crippen molar-refractivity contribution < 1.29 is 18.3 Å². The highest BCUT2D eigenvalue weighted by Crippen LogP contribution is 2.29. The third kappa shape index (κ3) is 5.25. The Morgan fingerprint density at radius 2 is 1.54 bits per heavy atom. The molecule has 3 aromatic rings. The Kier molecular flexibility index (Phi) is 5.87. The lowest BCUT2D eigenvalue weighted by Gasteiger charge is -2.24. The molecule has 0 aliphatic rings. The number of pyridine rings is 1. The summed E-state index contributed by atoms with van der Waals surface area (Å²) in [6.07, 6.45) is -1.85. The van der Waals surface area contributed by atoms with Gasteiger partial charge in [0.2, 0.25) is 0 Å². The van der Waals surface area contributed by atoms with E-state index in [0.717, 1.165) is 41.1 Å². The minimum atomic E-state index is -4.34. The molecular weight excluding hydrogens is 365 g/mol.